The van der Waals surface area contributed by atoms with Gasteiger partial charge in [0.1, 0.15) is 22.6 Å². The van der Waals surface area contributed by atoms with Crippen LogP contribution < -0.4 is 15.9 Å². The van der Waals surface area contributed by atoms with E-state index in [1.807, 2.05) is 32.9 Å². The third kappa shape index (κ3) is 4.22. The summed E-state index contributed by atoms with van der Waals surface area (Å²) in [7, 11) is 0. The van der Waals surface area contributed by atoms with Crippen LogP contribution in [0.4, 0.5) is 10.8 Å². The molecule has 0 bridgehead atoms. The quantitative estimate of drug-likeness (QED) is 0.467. The van der Waals surface area contributed by atoms with Gasteiger partial charge in [0.05, 0.1) is 19.5 Å². The minimum Gasteiger partial charge on any atom is -0.463 e. The normalized spacial score (nSPS) is 14.0. The number of ether oxygens (including phenoxy) is 1. The largest absolute Gasteiger partial charge is 0.463 e. The number of hydrogen-bond donors (Lipinski definition) is 1. The first-order valence-electron chi connectivity index (χ1n) is 11.1. The maximum Gasteiger partial charge on any atom is 0.349 e. The SMILES string of the molecule is Cc1cc(C)c(NC(=O)Cn2c(=O)nc(-c3ccco3)c3nc(N4CCOCC4)sc32)c(C)c1. The maximum absolute atomic E-state index is 13.1. The predicted molar refractivity (Wildman–Crippen MR) is 132 cm³/mol. The second-order valence-corrected chi connectivity index (χ2v) is 9.33. The molecule has 1 amide bonds. The Kier molecular flexibility index (Phi) is 5.93. The van der Waals surface area contributed by atoms with Crippen molar-refractivity contribution in [2.45, 2.75) is 27.3 Å². The predicted octanol–water partition coefficient (Wildman–Crippen LogP) is 3.51. The Labute approximate surface area is 200 Å². The number of amides is 1. The lowest BCUT2D eigenvalue weighted by Gasteiger charge is -2.25. The van der Waals surface area contributed by atoms with E-state index < -0.39 is 5.69 Å². The summed E-state index contributed by atoms with van der Waals surface area (Å²) < 4.78 is 12.4. The molecule has 0 atom stereocenters. The van der Waals surface area contributed by atoms with E-state index in [1.165, 1.54) is 22.2 Å². The van der Waals surface area contributed by atoms with Crippen LogP contribution in [0.5, 0.6) is 0 Å². The smallest absolute Gasteiger partial charge is 0.349 e. The molecule has 0 unspecified atom stereocenters. The average Bonchev–Trinajstić information content (AvgIpc) is 3.49. The number of morpholine rings is 1. The summed E-state index contributed by atoms with van der Waals surface area (Å²) in [6, 6.07) is 7.52. The summed E-state index contributed by atoms with van der Waals surface area (Å²) in [5, 5.41) is 3.73. The molecule has 1 aliphatic heterocycles. The highest BCUT2D eigenvalue weighted by molar-refractivity contribution is 7.22. The number of fused-ring (bicyclic) bond motifs is 1. The topological polar surface area (TPSA) is 102 Å². The number of benzene rings is 1. The molecule has 0 saturated carbocycles. The van der Waals surface area contributed by atoms with Gasteiger partial charge in [-0.2, -0.15) is 4.98 Å². The average molecular weight is 480 g/mol. The molecule has 0 spiro atoms. The van der Waals surface area contributed by atoms with Crippen LogP contribution in [-0.2, 0) is 16.1 Å². The molecule has 10 heteroatoms. The molecular formula is C24H25N5O4S. The fourth-order valence-corrected chi connectivity index (χ4v) is 5.36. The summed E-state index contributed by atoms with van der Waals surface area (Å²) in [4.78, 5) is 37.9. The van der Waals surface area contributed by atoms with Crippen LogP contribution in [0.1, 0.15) is 16.7 Å². The van der Waals surface area contributed by atoms with E-state index >= 15 is 0 Å². The third-order valence-corrected chi connectivity index (χ3v) is 6.92. The molecule has 1 saturated heterocycles. The van der Waals surface area contributed by atoms with Crippen LogP contribution >= 0.6 is 11.3 Å². The molecule has 1 aliphatic rings. The van der Waals surface area contributed by atoms with E-state index in [9.17, 15) is 9.59 Å². The Bertz CT molecular complexity index is 1390. The molecule has 1 N–H and O–H groups in total. The molecule has 0 aliphatic carbocycles. The van der Waals surface area contributed by atoms with Crippen molar-refractivity contribution in [3.8, 4) is 11.5 Å². The number of anilines is 2. The van der Waals surface area contributed by atoms with E-state index in [0.29, 0.717) is 48.1 Å². The van der Waals surface area contributed by atoms with Crippen molar-refractivity contribution in [1.82, 2.24) is 14.5 Å². The van der Waals surface area contributed by atoms with Gasteiger partial charge >= 0.3 is 5.69 Å². The molecule has 1 aromatic carbocycles. The second-order valence-electron chi connectivity index (χ2n) is 8.38. The van der Waals surface area contributed by atoms with Gasteiger partial charge < -0.3 is 19.4 Å². The van der Waals surface area contributed by atoms with Crippen molar-refractivity contribution in [1.29, 1.82) is 0 Å². The molecule has 5 rings (SSSR count). The van der Waals surface area contributed by atoms with Gasteiger partial charge in [-0.1, -0.05) is 29.0 Å². The highest BCUT2D eigenvalue weighted by Crippen LogP contribution is 2.33. The molecule has 176 valence electrons. The molecular weight excluding hydrogens is 454 g/mol. The number of nitrogens with zero attached hydrogens (tertiary/aromatic N) is 4. The van der Waals surface area contributed by atoms with Crippen molar-refractivity contribution in [3.05, 3.63) is 57.7 Å². The lowest BCUT2D eigenvalue weighted by Crippen LogP contribution is -2.36. The van der Waals surface area contributed by atoms with Crippen LogP contribution in [0.3, 0.4) is 0 Å². The van der Waals surface area contributed by atoms with Crippen molar-refractivity contribution in [2.24, 2.45) is 0 Å². The third-order valence-electron chi connectivity index (χ3n) is 5.79. The molecule has 3 aromatic heterocycles. The zero-order chi connectivity index (χ0) is 23.8. The first kappa shape index (κ1) is 22.3. The summed E-state index contributed by atoms with van der Waals surface area (Å²) in [5.74, 6) is 0.163. The van der Waals surface area contributed by atoms with Crippen LogP contribution in [0.15, 0.2) is 39.7 Å². The van der Waals surface area contributed by atoms with Gasteiger partial charge in [0.2, 0.25) is 5.91 Å². The number of aryl methyl sites for hydroxylation is 3. The van der Waals surface area contributed by atoms with E-state index in [1.54, 1.807) is 12.1 Å². The Hall–Kier alpha value is -3.50. The Morgan fingerprint density at radius 3 is 2.56 bits per heavy atom. The summed E-state index contributed by atoms with van der Waals surface area (Å²) in [5.41, 5.74) is 4.23. The zero-order valence-electron chi connectivity index (χ0n) is 19.3. The molecule has 34 heavy (non-hydrogen) atoms. The Morgan fingerprint density at radius 1 is 1.15 bits per heavy atom. The molecule has 0 radical (unpaired) electrons. The standard InChI is InChI=1S/C24H25N5O4S/c1-14-11-15(2)19(16(3)12-14)25-18(30)13-29-22-21(20(26-23(29)31)17-5-4-8-33-17)27-24(34-22)28-6-9-32-10-7-28/h4-5,8,11-12H,6-7,9-10,13H2,1-3H3,(H,25,30). The Morgan fingerprint density at radius 2 is 1.88 bits per heavy atom. The van der Waals surface area contributed by atoms with E-state index in [0.717, 1.165) is 27.5 Å². The van der Waals surface area contributed by atoms with Gasteiger partial charge in [0.25, 0.3) is 0 Å². The minimum atomic E-state index is -0.524. The first-order chi connectivity index (χ1) is 16.4. The molecule has 9 nitrogen and oxygen atoms in total. The number of thiazole rings is 1. The first-order valence-corrected chi connectivity index (χ1v) is 11.9. The fraction of sp³-hybridized carbons (Fsp3) is 0.333. The molecule has 1 fully saturated rings. The van der Waals surface area contributed by atoms with Crippen LogP contribution in [0, 0.1) is 20.8 Å². The number of hydrogen-bond acceptors (Lipinski definition) is 8. The van der Waals surface area contributed by atoms with E-state index in [2.05, 4.69) is 15.2 Å². The zero-order valence-corrected chi connectivity index (χ0v) is 20.1. The number of carbonyl (C=O) groups is 1. The number of carbonyl (C=O) groups excluding carboxylic acids is 1. The minimum absolute atomic E-state index is 0.168. The van der Waals surface area contributed by atoms with Crippen LogP contribution in [0.25, 0.3) is 21.8 Å². The molecule has 4 aromatic rings. The van der Waals surface area contributed by atoms with Crippen molar-refractivity contribution in [3.63, 3.8) is 0 Å². The van der Waals surface area contributed by atoms with Gasteiger partial charge in [0.15, 0.2) is 10.9 Å². The summed E-state index contributed by atoms with van der Waals surface area (Å²) in [6.07, 6.45) is 1.53. The van der Waals surface area contributed by atoms with E-state index in [4.69, 9.17) is 14.1 Å². The second kappa shape index (κ2) is 9.03. The monoisotopic (exact) mass is 479 g/mol. The van der Waals surface area contributed by atoms with Gasteiger partial charge in [0, 0.05) is 18.8 Å². The van der Waals surface area contributed by atoms with Crippen LogP contribution in [-0.4, -0.2) is 46.7 Å². The summed E-state index contributed by atoms with van der Waals surface area (Å²) in [6.45, 7) is 8.41. The fourth-order valence-electron chi connectivity index (χ4n) is 4.25. The lowest BCUT2D eigenvalue weighted by atomic mass is 10.1. The van der Waals surface area contributed by atoms with Gasteiger partial charge in [-0.05, 0) is 44.0 Å². The number of rotatable bonds is 5. The highest BCUT2D eigenvalue weighted by atomic mass is 32.1. The van der Waals surface area contributed by atoms with Gasteiger partial charge in [-0.15, -0.1) is 0 Å². The van der Waals surface area contributed by atoms with Gasteiger partial charge in [-0.25, -0.2) is 9.78 Å². The highest BCUT2D eigenvalue weighted by Gasteiger charge is 2.23. The van der Waals surface area contributed by atoms with E-state index in [-0.39, 0.29) is 12.5 Å². The van der Waals surface area contributed by atoms with Crippen molar-refractivity contribution in [2.75, 3.05) is 36.5 Å². The van der Waals surface area contributed by atoms with Gasteiger partial charge in [-0.3, -0.25) is 9.36 Å². The van der Waals surface area contributed by atoms with Crippen molar-refractivity contribution >= 4 is 38.4 Å². The number of furan rings is 1. The number of aromatic nitrogens is 3. The summed E-state index contributed by atoms with van der Waals surface area (Å²) >= 11 is 1.37. The van der Waals surface area contributed by atoms with Crippen LogP contribution in [0.2, 0.25) is 0 Å². The number of nitrogens with one attached hydrogen (secondary N) is 1. The molecule has 4 heterocycles. The maximum atomic E-state index is 13.1. The lowest BCUT2D eigenvalue weighted by molar-refractivity contribution is -0.116. The van der Waals surface area contributed by atoms with Crippen molar-refractivity contribution < 1.29 is 13.9 Å². The Balaban J connectivity index is 1.55.